The van der Waals surface area contributed by atoms with Crippen molar-refractivity contribution in [3.05, 3.63) is 11.8 Å². The predicted molar refractivity (Wildman–Crippen MR) is 54.3 cm³/mol. The van der Waals surface area contributed by atoms with E-state index in [4.69, 9.17) is 9.15 Å². The summed E-state index contributed by atoms with van der Waals surface area (Å²) in [5.74, 6) is 1.14. The van der Waals surface area contributed by atoms with Gasteiger partial charge < -0.3 is 14.5 Å². The minimum atomic E-state index is -0.0966. The first-order valence-corrected chi connectivity index (χ1v) is 5.32. The van der Waals surface area contributed by atoms with Crippen molar-refractivity contribution in [3.63, 3.8) is 0 Å². The van der Waals surface area contributed by atoms with Crippen LogP contribution < -0.4 is 5.32 Å². The third-order valence-electron chi connectivity index (χ3n) is 2.67. The van der Waals surface area contributed by atoms with E-state index in [2.05, 4.69) is 22.4 Å². The van der Waals surface area contributed by atoms with Crippen molar-refractivity contribution < 1.29 is 9.15 Å². The molecular formula is C10H17N3O2. The molecule has 5 heteroatoms. The quantitative estimate of drug-likeness (QED) is 0.809. The molecule has 1 saturated heterocycles. The monoisotopic (exact) mass is 211 g/mol. The highest BCUT2D eigenvalue weighted by atomic mass is 16.5. The maximum absolute atomic E-state index is 5.81. The van der Waals surface area contributed by atoms with Crippen LogP contribution in [0.2, 0.25) is 0 Å². The molecule has 2 rings (SSSR count). The molecule has 84 valence electrons. The molecule has 0 aromatic carbocycles. The molecule has 0 saturated carbocycles. The fraction of sp³-hybridized carbons (Fsp3) is 0.800. The van der Waals surface area contributed by atoms with Crippen LogP contribution in [0.15, 0.2) is 4.42 Å². The van der Waals surface area contributed by atoms with Crippen molar-refractivity contribution in [3.8, 4) is 0 Å². The third-order valence-corrected chi connectivity index (χ3v) is 2.67. The summed E-state index contributed by atoms with van der Waals surface area (Å²) in [4.78, 5) is 0. The summed E-state index contributed by atoms with van der Waals surface area (Å²) in [6, 6.07) is 0. The van der Waals surface area contributed by atoms with Gasteiger partial charge in [0, 0.05) is 13.5 Å². The molecule has 1 fully saturated rings. The standard InChI is InChI=1S/C10H17N3O2/c1-8-12-13-9(15-8)6-14-10(2)4-3-5-11-7-10/h11H,3-7H2,1-2H3. The summed E-state index contributed by atoms with van der Waals surface area (Å²) in [7, 11) is 0. The Morgan fingerprint density at radius 2 is 2.40 bits per heavy atom. The van der Waals surface area contributed by atoms with Gasteiger partial charge in [0.2, 0.25) is 11.8 Å². The molecule has 15 heavy (non-hydrogen) atoms. The highest BCUT2D eigenvalue weighted by Gasteiger charge is 2.27. The minimum absolute atomic E-state index is 0.0966. The van der Waals surface area contributed by atoms with Crippen LogP contribution in [-0.2, 0) is 11.3 Å². The van der Waals surface area contributed by atoms with E-state index in [0.717, 1.165) is 25.9 Å². The smallest absolute Gasteiger partial charge is 0.242 e. The van der Waals surface area contributed by atoms with Gasteiger partial charge >= 0.3 is 0 Å². The average molecular weight is 211 g/mol. The van der Waals surface area contributed by atoms with Crippen molar-refractivity contribution in [2.45, 2.75) is 38.9 Å². The number of nitrogens with zero attached hydrogens (tertiary/aromatic N) is 2. The van der Waals surface area contributed by atoms with E-state index in [-0.39, 0.29) is 5.60 Å². The van der Waals surface area contributed by atoms with Crippen LogP contribution in [0, 0.1) is 6.92 Å². The van der Waals surface area contributed by atoms with Crippen LogP contribution in [0.25, 0.3) is 0 Å². The van der Waals surface area contributed by atoms with E-state index >= 15 is 0 Å². The van der Waals surface area contributed by atoms with Gasteiger partial charge in [0.1, 0.15) is 6.61 Å². The molecule has 0 aliphatic carbocycles. The first-order valence-electron chi connectivity index (χ1n) is 5.32. The van der Waals surface area contributed by atoms with Gasteiger partial charge in [0.05, 0.1) is 5.60 Å². The molecule has 0 radical (unpaired) electrons. The lowest BCUT2D eigenvalue weighted by molar-refractivity contribution is -0.0644. The van der Waals surface area contributed by atoms with Gasteiger partial charge in [-0.15, -0.1) is 10.2 Å². The zero-order chi connectivity index (χ0) is 10.7. The fourth-order valence-electron chi connectivity index (χ4n) is 1.78. The predicted octanol–water partition coefficient (Wildman–Crippen LogP) is 1.04. The lowest BCUT2D eigenvalue weighted by Crippen LogP contribution is -2.45. The van der Waals surface area contributed by atoms with E-state index in [1.165, 1.54) is 0 Å². The van der Waals surface area contributed by atoms with Gasteiger partial charge in [-0.25, -0.2) is 0 Å². The molecule has 1 atom stereocenters. The summed E-state index contributed by atoms with van der Waals surface area (Å²) in [6.07, 6.45) is 2.23. The lowest BCUT2D eigenvalue weighted by Gasteiger charge is -2.33. The highest BCUT2D eigenvalue weighted by Crippen LogP contribution is 2.21. The summed E-state index contributed by atoms with van der Waals surface area (Å²) >= 11 is 0. The Morgan fingerprint density at radius 3 is 3.00 bits per heavy atom. The highest BCUT2D eigenvalue weighted by molar-refractivity contribution is 4.84. The molecule has 1 aliphatic rings. The molecular weight excluding hydrogens is 194 g/mol. The van der Waals surface area contributed by atoms with Gasteiger partial charge in [-0.2, -0.15) is 0 Å². The first-order chi connectivity index (χ1) is 7.18. The lowest BCUT2D eigenvalue weighted by atomic mass is 9.96. The van der Waals surface area contributed by atoms with Crippen molar-refractivity contribution >= 4 is 0 Å². The number of piperidine rings is 1. The Balaban J connectivity index is 1.86. The van der Waals surface area contributed by atoms with E-state index < -0.39 is 0 Å². The minimum Gasteiger partial charge on any atom is -0.423 e. The zero-order valence-corrected chi connectivity index (χ0v) is 9.25. The molecule has 0 amide bonds. The number of rotatable bonds is 3. The number of nitrogens with one attached hydrogen (secondary N) is 1. The second kappa shape index (κ2) is 4.28. The number of ether oxygens (including phenoxy) is 1. The van der Waals surface area contributed by atoms with Gasteiger partial charge in [-0.1, -0.05) is 0 Å². The molecule has 1 unspecified atom stereocenters. The maximum Gasteiger partial charge on any atom is 0.242 e. The molecule has 0 bridgehead atoms. The Morgan fingerprint density at radius 1 is 1.53 bits per heavy atom. The largest absolute Gasteiger partial charge is 0.423 e. The summed E-state index contributed by atoms with van der Waals surface area (Å²) in [5.41, 5.74) is -0.0966. The third kappa shape index (κ3) is 2.76. The van der Waals surface area contributed by atoms with Gasteiger partial charge in [0.25, 0.3) is 0 Å². The average Bonchev–Trinajstić information content (AvgIpc) is 2.63. The second-order valence-corrected chi connectivity index (χ2v) is 4.23. The van der Waals surface area contributed by atoms with Crippen LogP contribution in [0.3, 0.4) is 0 Å². The van der Waals surface area contributed by atoms with E-state index in [1.807, 2.05) is 0 Å². The molecule has 1 N–H and O–H groups in total. The Kier molecular flexibility index (Phi) is 3.02. The van der Waals surface area contributed by atoms with Gasteiger partial charge in [0.15, 0.2) is 0 Å². The number of aryl methyl sites for hydroxylation is 1. The second-order valence-electron chi connectivity index (χ2n) is 4.23. The van der Waals surface area contributed by atoms with Crippen LogP contribution >= 0.6 is 0 Å². The van der Waals surface area contributed by atoms with Crippen LogP contribution in [0.4, 0.5) is 0 Å². The van der Waals surface area contributed by atoms with Crippen LogP contribution in [-0.4, -0.2) is 28.9 Å². The molecule has 1 aliphatic heterocycles. The molecule has 1 aromatic rings. The summed E-state index contributed by atoms with van der Waals surface area (Å²) in [5, 5.41) is 11.0. The Hall–Kier alpha value is -0.940. The Bertz CT molecular complexity index is 318. The number of hydrogen-bond acceptors (Lipinski definition) is 5. The van der Waals surface area contributed by atoms with E-state index in [0.29, 0.717) is 18.4 Å². The van der Waals surface area contributed by atoms with Crippen LogP contribution in [0.1, 0.15) is 31.5 Å². The van der Waals surface area contributed by atoms with Crippen LogP contribution in [0.5, 0.6) is 0 Å². The van der Waals surface area contributed by atoms with Gasteiger partial charge in [-0.3, -0.25) is 0 Å². The van der Waals surface area contributed by atoms with E-state index in [1.54, 1.807) is 6.92 Å². The van der Waals surface area contributed by atoms with Crippen molar-refractivity contribution in [2.24, 2.45) is 0 Å². The molecule has 1 aromatic heterocycles. The van der Waals surface area contributed by atoms with Crippen molar-refractivity contribution in [1.82, 2.24) is 15.5 Å². The molecule has 5 nitrogen and oxygen atoms in total. The maximum atomic E-state index is 5.81. The zero-order valence-electron chi connectivity index (χ0n) is 9.25. The molecule has 2 heterocycles. The molecule has 0 spiro atoms. The van der Waals surface area contributed by atoms with Crippen molar-refractivity contribution in [2.75, 3.05) is 13.1 Å². The Labute approximate surface area is 89.2 Å². The summed E-state index contributed by atoms with van der Waals surface area (Å²) in [6.45, 7) is 6.26. The summed E-state index contributed by atoms with van der Waals surface area (Å²) < 4.78 is 11.1. The van der Waals surface area contributed by atoms with Crippen molar-refractivity contribution in [1.29, 1.82) is 0 Å². The SMILES string of the molecule is Cc1nnc(COC2(C)CCCNC2)o1. The van der Waals surface area contributed by atoms with E-state index in [9.17, 15) is 0 Å². The normalized spacial score (nSPS) is 26.8. The van der Waals surface area contributed by atoms with Gasteiger partial charge in [-0.05, 0) is 26.3 Å². The fourth-order valence-corrected chi connectivity index (χ4v) is 1.78. The topological polar surface area (TPSA) is 60.2 Å². The number of aromatic nitrogens is 2. The number of hydrogen-bond donors (Lipinski definition) is 1. The first kappa shape index (κ1) is 10.6.